The molecular weight excluding hydrogens is 280 g/mol. The van der Waals surface area contributed by atoms with Gasteiger partial charge in [-0.3, -0.25) is 4.79 Å². The van der Waals surface area contributed by atoms with Crippen LogP contribution in [0.15, 0.2) is 42.5 Å². The van der Waals surface area contributed by atoms with Gasteiger partial charge in [0.25, 0.3) is 0 Å². The first kappa shape index (κ1) is 13.8. The van der Waals surface area contributed by atoms with Gasteiger partial charge in [-0.15, -0.1) is 0 Å². The summed E-state index contributed by atoms with van der Waals surface area (Å²) in [5.74, 6) is -0.0327. The third-order valence-corrected chi connectivity index (χ3v) is 4.40. The van der Waals surface area contributed by atoms with Crippen LogP contribution in [0.4, 0.5) is 5.13 Å². The Morgan fingerprint density at radius 3 is 2.71 bits per heavy atom. The number of aryl methyl sites for hydroxylation is 2. The minimum absolute atomic E-state index is 0.0327. The molecule has 0 fully saturated rings. The number of aromatic nitrogens is 1. The number of anilines is 1. The van der Waals surface area contributed by atoms with E-state index < -0.39 is 0 Å². The maximum atomic E-state index is 12.1. The second kappa shape index (κ2) is 5.66. The predicted octanol–water partition coefficient (Wildman–Crippen LogP) is 4.09. The molecule has 0 aliphatic carbocycles. The number of carbonyl (C=O) groups is 1. The Morgan fingerprint density at radius 1 is 1.19 bits per heavy atom. The molecule has 1 aromatic heterocycles. The quantitative estimate of drug-likeness (QED) is 0.791. The Balaban J connectivity index is 1.79. The van der Waals surface area contributed by atoms with Crippen LogP contribution in [0.2, 0.25) is 0 Å². The van der Waals surface area contributed by atoms with Gasteiger partial charge in [-0.2, -0.15) is 0 Å². The van der Waals surface area contributed by atoms with Gasteiger partial charge in [0, 0.05) is 0 Å². The SMILES string of the molecule is Cc1cc(C)c2sc(NC(=O)Cc3ccccc3)nc2c1. The van der Waals surface area contributed by atoms with Crippen molar-refractivity contribution in [3.8, 4) is 0 Å². The average molecular weight is 296 g/mol. The summed E-state index contributed by atoms with van der Waals surface area (Å²) in [6.07, 6.45) is 0.370. The largest absolute Gasteiger partial charge is 0.302 e. The summed E-state index contributed by atoms with van der Waals surface area (Å²) in [6.45, 7) is 4.13. The third-order valence-electron chi connectivity index (χ3n) is 3.27. The summed E-state index contributed by atoms with van der Waals surface area (Å²) in [5, 5.41) is 3.56. The molecule has 21 heavy (non-hydrogen) atoms. The highest BCUT2D eigenvalue weighted by atomic mass is 32.1. The first-order valence-electron chi connectivity index (χ1n) is 6.83. The second-order valence-electron chi connectivity index (χ2n) is 5.16. The van der Waals surface area contributed by atoms with Crippen LogP contribution >= 0.6 is 11.3 Å². The lowest BCUT2D eigenvalue weighted by atomic mass is 10.1. The standard InChI is InChI=1S/C17H16N2OS/c1-11-8-12(2)16-14(9-11)18-17(21-16)19-15(20)10-13-6-4-3-5-7-13/h3-9H,10H2,1-2H3,(H,18,19,20). The van der Waals surface area contributed by atoms with E-state index in [9.17, 15) is 4.79 Å². The highest BCUT2D eigenvalue weighted by Crippen LogP contribution is 2.29. The third kappa shape index (κ3) is 3.11. The van der Waals surface area contributed by atoms with Gasteiger partial charge in [0.2, 0.25) is 5.91 Å². The summed E-state index contributed by atoms with van der Waals surface area (Å²) in [7, 11) is 0. The molecule has 4 heteroatoms. The lowest BCUT2D eigenvalue weighted by Crippen LogP contribution is -2.13. The molecule has 2 aromatic carbocycles. The molecule has 3 aromatic rings. The molecule has 1 heterocycles. The molecule has 3 rings (SSSR count). The van der Waals surface area contributed by atoms with Crippen LogP contribution in [-0.4, -0.2) is 10.9 Å². The predicted molar refractivity (Wildman–Crippen MR) is 87.9 cm³/mol. The van der Waals surface area contributed by atoms with Crippen LogP contribution in [0.1, 0.15) is 16.7 Å². The highest BCUT2D eigenvalue weighted by Gasteiger charge is 2.10. The average Bonchev–Trinajstić information content (AvgIpc) is 2.82. The van der Waals surface area contributed by atoms with Crippen LogP contribution in [0.3, 0.4) is 0 Å². The van der Waals surface area contributed by atoms with Crippen LogP contribution in [0.5, 0.6) is 0 Å². The molecule has 0 aliphatic heterocycles. The van der Waals surface area contributed by atoms with Crippen molar-refractivity contribution in [1.82, 2.24) is 4.98 Å². The lowest BCUT2D eigenvalue weighted by Gasteiger charge is -2.01. The summed E-state index contributed by atoms with van der Waals surface area (Å²) in [6, 6.07) is 13.9. The molecule has 0 aliphatic rings. The molecule has 106 valence electrons. The van der Waals surface area contributed by atoms with Crippen molar-refractivity contribution in [3.05, 3.63) is 59.2 Å². The summed E-state index contributed by atoms with van der Waals surface area (Å²) in [5.41, 5.74) is 4.34. The van der Waals surface area contributed by atoms with E-state index in [-0.39, 0.29) is 5.91 Å². The van der Waals surface area contributed by atoms with Crippen molar-refractivity contribution in [3.63, 3.8) is 0 Å². The fourth-order valence-corrected chi connectivity index (χ4v) is 3.31. The van der Waals surface area contributed by atoms with Crippen LogP contribution in [-0.2, 0) is 11.2 Å². The van der Waals surface area contributed by atoms with Gasteiger partial charge < -0.3 is 5.32 Å². The van der Waals surface area contributed by atoms with Crippen LogP contribution < -0.4 is 5.32 Å². The van der Waals surface area contributed by atoms with E-state index in [1.54, 1.807) is 0 Å². The summed E-state index contributed by atoms with van der Waals surface area (Å²) < 4.78 is 1.13. The number of thiazole rings is 1. The molecule has 0 saturated heterocycles. The smallest absolute Gasteiger partial charge is 0.230 e. The zero-order chi connectivity index (χ0) is 14.8. The number of nitrogens with zero attached hydrogens (tertiary/aromatic N) is 1. The second-order valence-corrected chi connectivity index (χ2v) is 6.16. The Morgan fingerprint density at radius 2 is 1.95 bits per heavy atom. The van der Waals surface area contributed by atoms with Crippen molar-refractivity contribution in [2.45, 2.75) is 20.3 Å². The van der Waals surface area contributed by atoms with Gasteiger partial charge in [0.1, 0.15) is 0 Å². The number of nitrogens with one attached hydrogen (secondary N) is 1. The number of hydrogen-bond donors (Lipinski definition) is 1. The van der Waals surface area contributed by atoms with Crippen molar-refractivity contribution in [2.75, 3.05) is 5.32 Å². The van der Waals surface area contributed by atoms with Crippen LogP contribution in [0, 0.1) is 13.8 Å². The Hall–Kier alpha value is -2.20. The number of hydrogen-bond acceptors (Lipinski definition) is 3. The van der Waals surface area contributed by atoms with E-state index in [0.29, 0.717) is 11.6 Å². The summed E-state index contributed by atoms with van der Waals surface area (Å²) >= 11 is 1.53. The Bertz CT molecular complexity index is 793. The molecule has 0 atom stereocenters. The first-order valence-corrected chi connectivity index (χ1v) is 7.65. The normalized spacial score (nSPS) is 10.8. The maximum absolute atomic E-state index is 12.1. The molecule has 1 N–H and O–H groups in total. The number of amides is 1. The molecular formula is C17H16N2OS. The van der Waals surface area contributed by atoms with E-state index in [1.165, 1.54) is 22.5 Å². The molecule has 0 saturated carbocycles. The minimum atomic E-state index is -0.0327. The minimum Gasteiger partial charge on any atom is -0.302 e. The van der Waals surface area contributed by atoms with E-state index in [1.807, 2.05) is 36.4 Å². The van der Waals surface area contributed by atoms with Crippen molar-refractivity contribution < 1.29 is 4.79 Å². The highest BCUT2D eigenvalue weighted by molar-refractivity contribution is 7.22. The van der Waals surface area contributed by atoms with E-state index in [2.05, 4.69) is 30.2 Å². The zero-order valence-electron chi connectivity index (χ0n) is 12.0. The van der Waals surface area contributed by atoms with Gasteiger partial charge in [0.15, 0.2) is 5.13 Å². The summed E-state index contributed by atoms with van der Waals surface area (Å²) in [4.78, 5) is 16.6. The number of fused-ring (bicyclic) bond motifs is 1. The van der Waals surface area contributed by atoms with Gasteiger partial charge >= 0.3 is 0 Å². The van der Waals surface area contributed by atoms with Gasteiger partial charge in [-0.05, 0) is 36.6 Å². The van der Waals surface area contributed by atoms with Crippen molar-refractivity contribution >= 4 is 32.6 Å². The monoisotopic (exact) mass is 296 g/mol. The van der Waals surface area contributed by atoms with E-state index >= 15 is 0 Å². The van der Waals surface area contributed by atoms with Crippen LogP contribution in [0.25, 0.3) is 10.2 Å². The molecule has 0 unspecified atom stereocenters. The fraction of sp³-hybridized carbons (Fsp3) is 0.176. The molecule has 0 spiro atoms. The molecule has 1 amide bonds. The Labute approximate surface area is 127 Å². The number of benzene rings is 2. The maximum Gasteiger partial charge on any atom is 0.230 e. The number of rotatable bonds is 3. The molecule has 0 bridgehead atoms. The van der Waals surface area contributed by atoms with E-state index in [0.717, 1.165) is 15.8 Å². The van der Waals surface area contributed by atoms with Gasteiger partial charge in [0.05, 0.1) is 16.6 Å². The fourth-order valence-electron chi connectivity index (χ4n) is 2.37. The molecule has 0 radical (unpaired) electrons. The van der Waals surface area contributed by atoms with Gasteiger partial charge in [-0.1, -0.05) is 47.7 Å². The van der Waals surface area contributed by atoms with Gasteiger partial charge in [-0.25, -0.2) is 4.98 Å². The number of carbonyl (C=O) groups excluding carboxylic acids is 1. The first-order chi connectivity index (χ1) is 10.1. The van der Waals surface area contributed by atoms with Crippen molar-refractivity contribution in [1.29, 1.82) is 0 Å². The zero-order valence-corrected chi connectivity index (χ0v) is 12.8. The van der Waals surface area contributed by atoms with Crippen molar-refractivity contribution in [2.24, 2.45) is 0 Å². The van der Waals surface area contributed by atoms with E-state index in [4.69, 9.17) is 0 Å². The topological polar surface area (TPSA) is 42.0 Å². The lowest BCUT2D eigenvalue weighted by molar-refractivity contribution is -0.115. The molecule has 3 nitrogen and oxygen atoms in total. The Kier molecular flexibility index (Phi) is 3.71.